The Morgan fingerprint density at radius 2 is 1.88 bits per heavy atom. The van der Waals surface area contributed by atoms with Crippen molar-refractivity contribution in [2.75, 3.05) is 0 Å². The predicted molar refractivity (Wildman–Crippen MR) is 63.3 cm³/mol. The van der Waals surface area contributed by atoms with E-state index in [9.17, 15) is 13.2 Å². The van der Waals surface area contributed by atoms with Gasteiger partial charge in [0.15, 0.2) is 0 Å². The topological polar surface area (TPSA) is 115 Å². The monoisotopic (exact) mass is 257 g/mol. The fraction of sp³-hybridized carbons (Fsp3) is 0.300. The smallest absolute Gasteiger partial charge is 0.264 e. The maximum absolute atomic E-state index is 11.7. The highest BCUT2D eigenvalue weighted by molar-refractivity contribution is 7.90. The number of amides is 1. The van der Waals surface area contributed by atoms with Gasteiger partial charge in [0.2, 0.25) is 5.91 Å². The molecule has 0 heterocycles. The fourth-order valence-electron chi connectivity index (χ4n) is 1.09. The fourth-order valence-corrected chi connectivity index (χ4v) is 2.15. The standard InChI is InChI=1S/C10H15N3O3S/c1-7(12)10(14)13-17(15,16)9-4-2-8(6-11)3-5-9/h2-5,7H,6,11-12H2,1H3,(H,13,14)/t7-/m0/s1. The van der Waals surface area contributed by atoms with Crippen LogP contribution in [0.25, 0.3) is 0 Å². The van der Waals surface area contributed by atoms with Crippen LogP contribution in [-0.4, -0.2) is 20.4 Å². The second kappa shape index (κ2) is 5.26. The molecule has 0 fully saturated rings. The molecule has 0 saturated heterocycles. The summed E-state index contributed by atoms with van der Waals surface area (Å²) in [6.07, 6.45) is 0. The molecule has 1 amide bonds. The zero-order valence-electron chi connectivity index (χ0n) is 9.38. The van der Waals surface area contributed by atoms with Gasteiger partial charge in [-0.3, -0.25) is 4.79 Å². The summed E-state index contributed by atoms with van der Waals surface area (Å²) >= 11 is 0. The van der Waals surface area contributed by atoms with Crippen molar-refractivity contribution < 1.29 is 13.2 Å². The highest BCUT2D eigenvalue weighted by atomic mass is 32.2. The van der Waals surface area contributed by atoms with Crippen LogP contribution in [0.2, 0.25) is 0 Å². The number of nitrogens with two attached hydrogens (primary N) is 2. The van der Waals surface area contributed by atoms with Crippen molar-refractivity contribution in [3.8, 4) is 0 Å². The first-order valence-corrected chi connectivity index (χ1v) is 6.46. The Morgan fingerprint density at radius 3 is 2.29 bits per heavy atom. The minimum atomic E-state index is -3.85. The van der Waals surface area contributed by atoms with Gasteiger partial charge in [-0.15, -0.1) is 0 Å². The first-order valence-electron chi connectivity index (χ1n) is 4.98. The third kappa shape index (κ3) is 3.52. The van der Waals surface area contributed by atoms with Crippen molar-refractivity contribution in [1.82, 2.24) is 4.72 Å². The number of carbonyl (C=O) groups excluding carboxylic acids is 1. The van der Waals surface area contributed by atoms with Crippen LogP contribution < -0.4 is 16.2 Å². The average Bonchev–Trinajstić information content (AvgIpc) is 2.28. The van der Waals surface area contributed by atoms with E-state index in [1.54, 1.807) is 12.1 Å². The average molecular weight is 257 g/mol. The van der Waals surface area contributed by atoms with E-state index in [2.05, 4.69) is 0 Å². The van der Waals surface area contributed by atoms with Crippen LogP contribution in [0.15, 0.2) is 29.2 Å². The van der Waals surface area contributed by atoms with Gasteiger partial charge >= 0.3 is 0 Å². The summed E-state index contributed by atoms with van der Waals surface area (Å²) in [6, 6.07) is 5.07. The summed E-state index contributed by atoms with van der Waals surface area (Å²) in [4.78, 5) is 11.2. The number of sulfonamides is 1. The molecule has 6 nitrogen and oxygen atoms in total. The largest absolute Gasteiger partial charge is 0.326 e. The van der Waals surface area contributed by atoms with Gasteiger partial charge in [-0.25, -0.2) is 13.1 Å². The van der Waals surface area contributed by atoms with Crippen molar-refractivity contribution in [3.63, 3.8) is 0 Å². The Morgan fingerprint density at radius 1 is 1.35 bits per heavy atom. The molecule has 17 heavy (non-hydrogen) atoms. The van der Waals surface area contributed by atoms with Gasteiger partial charge in [-0.1, -0.05) is 12.1 Å². The molecule has 0 spiro atoms. The van der Waals surface area contributed by atoms with Crippen molar-refractivity contribution in [1.29, 1.82) is 0 Å². The number of benzene rings is 1. The van der Waals surface area contributed by atoms with Crippen molar-refractivity contribution in [2.24, 2.45) is 11.5 Å². The van der Waals surface area contributed by atoms with Crippen molar-refractivity contribution >= 4 is 15.9 Å². The van der Waals surface area contributed by atoms with E-state index >= 15 is 0 Å². The maximum atomic E-state index is 11.7. The Labute approximate surface area is 100 Å². The molecule has 0 bridgehead atoms. The normalized spacial score (nSPS) is 13.1. The van der Waals surface area contributed by atoms with Crippen LogP contribution in [-0.2, 0) is 21.4 Å². The minimum absolute atomic E-state index is 0.00343. The zero-order chi connectivity index (χ0) is 13.1. The van der Waals surface area contributed by atoms with Gasteiger partial charge in [0.05, 0.1) is 10.9 Å². The second-order valence-corrected chi connectivity index (χ2v) is 5.29. The molecule has 0 unspecified atom stereocenters. The lowest BCUT2D eigenvalue weighted by molar-refractivity contribution is -0.120. The van der Waals surface area contributed by atoms with E-state index in [1.165, 1.54) is 19.1 Å². The number of nitrogens with one attached hydrogen (secondary N) is 1. The van der Waals surface area contributed by atoms with E-state index in [0.29, 0.717) is 6.54 Å². The van der Waals surface area contributed by atoms with Crippen LogP contribution in [0.5, 0.6) is 0 Å². The van der Waals surface area contributed by atoms with Crippen LogP contribution >= 0.6 is 0 Å². The van der Waals surface area contributed by atoms with Gasteiger partial charge in [0.25, 0.3) is 10.0 Å². The third-order valence-corrected chi connectivity index (χ3v) is 3.48. The minimum Gasteiger partial charge on any atom is -0.326 e. The Bertz CT molecular complexity index is 494. The number of carbonyl (C=O) groups is 1. The third-order valence-electron chi connectivity index (χ3n) is 2.12. The van der Waals surface area contributed by atoms with Crippen LogP contribution in [0.4, 0.5) is 0 Å². The summed E-state index contributed by atoms with van der Waals surface area (Å²) in [5, 5.41) is 0. The molecule has 7 heteroatoms. The predicted octanol–water partition coefficient (Wildman–Crippen LogP) is -0.703. The van der Waals surface area contributed by atoms with Crippen molar-refractivity contribution in [3.05, 3.63) is 29.8 Å². The van der Waals surface area contributed by atoms with E-state index in [0.717, 1.165) is 5.56 Å². The molecule has 0 aromatic heterocycles. The molecule has 0 aliphatic heterocycles. The molecule has 5 N–H and O–H groups in total. The molecule has 0 saturated carbocycles. The Balaban J connectivity index is 2.93. The molecule has 1 rings (SSSR count). The number of hydrogen-bond acceptors (Lipinski definition) is 5. The summed E-state index contributed by atoms with van der Waals surface area (Å²) in [7, 11) is -3.85. The van der Waals surface area contributed by atoms with Crippen LogP contribution in [0.3, 0.4) is 0 Å². The van der Waals surface area contributed by atoms with Gasteiger partial charge in [-0.2, -0.15) is 0 Å². The summed E-state index contributed by atoms with van der Waals surface area (Å²) in [6.45, 7) is 1.73. The number of hydrogen-bond donors (Lipinski definition) is 3. The quantitative estimate of drug-likeness (QED) is 0.659. The Hall–Kier alpha value is -1.44. The van der Waals surface area contributed by atoms with E-state index in [4.69, 9.17) is 11.5 Å². The van der Waals surface area contributed by atoms with E-state index < -0.39 is 22.0 Å². The lowest BCUT2D eigenvalue weighted by Crippen LogP contribution is -2.41. The Kier molecular flexibility index (Phi) is 4.22. The molecular weight excluding hydrogens is 242 g/mol. The van der Waals surface area contributed by atoms with Crippen molar-refractivity contribution in [2.45, 2.75) is 24.4 Å². The molecule has 0 aliphatic rings. The number of rotatable bonds is 4. The SMILES string of the molecule is C[C@H](N)C(=O)NS(=O)(=O)c1ccc(CN)cc1. The lowest BCUT2D eigenvalue weighted by atomic mass is 10.2. The molecule has 94 valence electrons. The molecule has 0 radical (unpaired) electrons. The highest BCUT2D eigenvalue weighted by Crippen LogP contribution is 2.10. The molecule has 1 aromatic rings. The zero-order valence-corrected chi connectivity index (χ0v) is 10.2. The van der Waals surface area contributed by atoms with Gasteiger partial charge in [0, 0.05) is 6.54 Å². The van der Waals surface area contributed by atoms with Gasteiger partial charge in [-0.05, 0) is 24.6 Å². The summed E-state index contributed by atoms with van der Waals surface area (Å²) in [5.41, 5.74) is 11.5. The lowest BCUT2D eigenvalue weighted by Gasteiger charge is -2.09. The summed E-state index contributed by atoms with van der Waals surface area (Å²) < 4.78 is 25.3. The molecular formula is C10H15N3O3S. The van der Waals surface area contributed by atoms with Gasteiger partial charge < -0.3 is 11.5 Å². The van der Waals surface area contributed by atoms with Crippen LogP contribution in [0.1, 0.15) is 12.5 Å². The molecule has 1 atom stereocenters. The molecule has 0 aliphatic carbocycles. The van der Waals surface area contributed by atoms with E-state index in [1.807, 2.05) is 4.72 Å². The molecule has 1 aromatic carbocycles. The summed E-state index contributed by atoms with van der Waals surface area (Å²) in [5.74, 6) is -0.743. The van der Waals surface area contributed by atoms with Crippen LogP contribution in [0, 0.1) is 0 Å². The maximum Gasteiger partial charge on any atom is 0.264 e. The van der Waals surface area contributed by atoms with E-state index in [-0.39, 0.29) is 4.90 Å². The first-order chi connectivity index (χ1) is 7.86. The van der Waals surface area contributed by atoms with Gasteiger partial charge in [0.1, 0.15) is 0 Å². The second-order valence-electron chi connectivity index (χ2n) is 3.61. The highest BCUT2D eigenvalue weighted by Gasteiger charge is 2.19. The first kappa shape index (κ1) is 13.6.